The standard InChI is InChI=1S/C14H18N4O3/c1-2-21-13(19)4-3-7-18-9-11-8-10(14(15)17-20)5-6-12(11)16-18/h5-6,8-9,20H,2-4,7H2,1H3,(H2,15,17). The van der Waals surface area contributed by atoms with Gasteiger partial charge in [0.25, 0.3) is 0 Å². The van der Waals surface area contributed by atoms with Gasteiger partial charge in [-0.05, 0) is 31.5 Å². The predicted molar refractivity (Wildman–Crippen MR) is 77.4 cm³/mol. The van der Waals surface area contributed by atoms with Crippen molar-refractivity contribution >= 4 is 22.7 Å². The van der Waals surface area contributed by atoms with E-state index in [4.69, 9.17) is 15.4 Å². The van der Waals surface area contributed by atoms with Crippen LogP contribution < -0.4 is 5.48 Å². The van der Waals surface area contributed by atoms with Gasteiger partial charge in [0.15, 0.2) is 0 Å². The highest BCUT2D eigenvalue weighted by Gasteiger charge is 2.06. The number of hydrogen-bond donors (Lipinski definition) is 3. The second-order valence-electron chi connectivity index (χ2n) is 4.56. The van der Waals surface area contributed by atoms with Gasteiger partial charge >= 0.3 is 5.97 Å². The molecule has 7 nitrogen and oxygen atoms in total. The van der Waals surface area contributed by atoms with E-state index in [0.29, 0.717) is 31.6 Å². The van der Waals surface area contributed by atoms with Gasteiger partial charge in [0.05, 0.1) is 12.1 Å². The summed E-state index contributed by atoms with van der Waals surface area (Å²) in [6, 6.07) is 5.28. The summed E-state index contributed by atoms with van der Waals surface area (Å²) >= 11 is 0. The lowest BCUT2D eigenvalue weighted by atomic mass is 10.1. The molecule has 0 amide bonds. The van der Waals surface area contributed by atoms with Gasteiger partial charge in [-0.3, -0.25) is 25.6 Å². The zero-order chi connectivity index (χ0) is 15.2. The van der Waals surface area contributed by atoms with Crippen LogP contribution >= 0.6 is 0 Å². The molecule has 0 aliphatic carbocycles. The van der Waals surface area contributed by atoms with E-state index < -0.39 is 0 Å². The molecule has 0 saturated carbocycles. The Morgan fingerprint density at radius 2 is 2.33 bits per heavy atom. The topological polar surface area (TPSA) is 100 Å². The van der Waals surface area contributed by atoms with Crippen LogP contribution in [0.3, 0.4) is 0 Å². The van der Waals surface area contributed by atoms with E-state index in [1.165, 1.54) is 0 Å². The van der Waals surface area contributed by atoms with Gasteiger partial charge in [-0.15, -0.1) is 0 Å². The van der Waals surface area contributed by atoms with Crippen molar-refractivity contribution in [3.05, 3.63) is 30.0 Å². The summed E-state index contributed by atoms with van der Waals surface area (Å²) in [6.45, 7) is 2.81. The van der Waals surface area contributed by atoms with Crippen LogP contribution in [-0.4, -0.2) is 33.4 Å². The summed E-state index contributed by atoms with van der Waals surface area (Å²) in [7, 11) is 0. The van der Waals surface area contributed by atoms with Crippen LogP contribution in [0.15, 0.2) is 24.4 Å². The number of aromatic nitrogens is 2. The summed E-state index contributed by atoms with van der Waals surface area (Å²) in [4.78, 5) is 11.3. The first-order valence-electron chi connectivity index (χ1n) is 6.76. The highest BCUT2D eigenvalue weighted by atomic mass is 16.5. The summed E-state index contributed by atoms with van der Waals surface area (Å²) in [6.07, 6.45) is 2.89. The van der Waals surface area contributed by atoms with Gasteiger partial charge in [-0.25, -0.2) is 0 Å². The molecule has 0 bridgehead atoms. The maximum absolute atomic E-state index is 11.3. The average molecular weight is 290 g/mol. The Balaban J connectivity index is 2.02. The minimum absolute atomic E-state index is 0.0630. The Hall–Kier alpha value is -2.41. The zero-order valence-electron chi connectivity index (χ0n) is 11.8. The van der Waals surface area contributed by atoms with Crippen LogP contribution in [0.5, 0.6) is 0 Å². The number of fused-ring (bicyclic) bond motifs is 1. The normalized spacial score (nSPS) is 10.6. The fourth-order valence-corrected chi connectivity index (χ4v) is 2.03. The van der Waals surface area contributed by atoms with Crippen molar-refractivity contribution < 1.29 is 14.7 Å². The van der Waals surface area contributed by atoms with Crippen molar-refractivity contribution in [1.29, 1.82) is 5.41 Å². The molecule has 0 atom stereocenters. The van der Waals surface area contributed by atoms with E-state index in [9.17, 15) is 4.79 Å². The third-order valence-electron chi connectivity index (χ3n) is 3.03. The van der Waals surface area contributed by atoms with Gasteiger partial charge in [0.1, 0.15) is 5.84 Å². The summed E-state index contributed by atoms with van der Waals surface area (Å²) in [5.74, 6) is -0.258. The lowest BCUT2D eigenvalue weighted by Crippen LogP contribution is -2.18. The Morgan fingerprint density at radius 3 is 3.05 bits per heavy atom. The van der Waals surface area contributed by atoms with Crippen LogP contribution in [-0.2, 0) is 16.1 Å². The third-order valence-corrected chi connectivity index (χ3v) is 3.03. The Morgan fingerprint density at radius 1 is 1.52 bits per heavy atom. The minimum atomic E-state index is -0.195. The second kappa shape index (κ2) is 6.85. The van der Waals surface area contributed by atoms with Crippen molar-refractivity contribution in [2.75, 3.05) is 6.61 Å². The maximum Gasteiger partial charge on any atom is 0.305 e. The molecule has 3 N–H and O–H groups in total. The van der Waals surface area contributed by atoms with Crippen molar-refractivity contribution in [3.63, 3.8) is 0 Å². The number of nitrogens with one attached hydrogen (secondary N) is 2. The summed E-state index contributed by atoms with van der Waals surface area (Å²) < 4.78 is 6.64. The molecular weight excluding hydrogens is 272 g/mol. The summed E-state index contributed by atoms with van der Waals surface area (Å²) in [5, 5.41) is 21.5. The van der Waals surface area contributed by atoms with E-state index in [1.807, 2.05) is 11.7 Å². The number of esters is 1. The highest BCUT2D eigenvalue weighted by Crippen LogP contribution is 2.15. The lowest BCUT2D eigenvalue weighted by molar-refractivity contribution is -0.143. The SMILES string of the molecule is CCOC(=O)CCCn1cc2cc(C(=N)NO)ccc2n1. The first-order valence-corrected chi connectivity index (χ1v) is 6.76. The van der Waals surface area contributed by atoms with Crippen molar-refractivity contribution in [3.8, 4) is 0 Å². The van der Waals surface area contributed by atoms with Crippen LogP contribution in [0.2, 0.25) is 0 Å². The summed E-state index contributed by atoms with van der Waals surface area (Å²) in [5.41, 5.74) is 3.20. The first-order chi connectivity index (χ1) is 10.1. The number of ether oxygens (including phenoxy) is 1. The van der Waals surface area contributed by atoms with Gasteiger partial charge in [0.2, 0.25) is 0 Å². The van der Waals surface area contributed by atoms with Crippen molar-refractivity contribution in [2.45, 2.75) is 26.3 Å². The van der Waals surface area contributed by atoms with Crippen molar-refractivity contribution in [2.24, 2.45) is 0 Å². The molecule has 0 aliphatic heterocycles. The monoisotopic (exact) mass is 290 g/mol. The van der Waals surface area contributed by atoms with Gasteiger partial charge < -0.3 is 4.74 Å². The number of hydroxylamine groups is 1. The second-order valence-corrected chi connectivity index (χ2v) is 4.56. The lowest BCUT2D eigenvalue weighted by Gasteiger charge is -2.01. The molecule has 0 spiro atoms. The van der Waals surface area contributed by atoms with E-state index in [2.05, 4.69) is 5.10 Å². The molecule has 1 aromatic heterocycles. The van der Waals surface area contributed by atoms with Crippen LogP contribution in [0.4, 0.5) is 0 Å². The van der Waals surface area contributed by atoms with Gasteiger partial charge in [-0.1, -0.05) is 0 Å². The van der Waals surface area contributed by atoms with Gasteiger partial charge in [0, 0.05) is 30.1 Å². The molecule has 0 saturated heterocycles. The molecule has 7 heteroatoms. The molecule has 2 aromatic rings. The maximum atomic E-state index is 11.3. The predicted octanol–water partition coefficient (Wildman–Crippen LogP) is 1.68. The highest BCUT2D eigenvalue weighted by molar-refractivity contribution is 5.98. The molecule has 1 heterocycles. The Bertz CT molecular complexity index is 651. The number of rotatable bonds is 6. The number of aryl methyl sites for hydroxylation is 1. The number of carbonyl (C=O) groups is 1. The van der Waals surface area contributed by atoms with Crippen molar-refractivity contribution in [1.82, 2.24) is 15.3 Å². The number of amidine groups is 1. The van der Waals surface area contributed by atoms with E-state index in [-0.39, 0.29) is 11.8 Å². The fraction of sp³-hybridized carbons (Fsp3) is 0.357. The molecule has 1 aromatic carbocycles. The Labute approximate surface area is 122 Å². The van der Waals surface area contributed by atoms with Crippen LogP contribution in [0, 0.1) is 5.41 Å². The first kappa shape index (κ1) is 15.0. The van der Waals surface area contributed by atoms with Crippen LogP contribution in [0.1, 0.15) is 25.3 Å². The minimum Gasteiger partial charge on any atom is -0.466 e. The molecule has 0 radical (unpaired) electrons. The number of nitrogens with zero attached hydrogens (tertiary/aromatic N) is 2. The zero-order valence-corrected chi connectivity index (χ0v) is 11.8. The van der Waals surface area contributed by atoms with E-state index >= 15 is 0 Å². The molecule has 0 aliphatic rings. The number of hydrogen-bond acceptors (Lipinski definition) is 5. The number of benzene rings is 1. The smallest absolute Gasteiger partial charge is 0.305 e. The Kier molecular flexibility index (Phi) is 4.89. The molecule has 2 rings (SSSR count). The molecular formula is C14H18N4O3. The van der Waals surface area contributed by atoms with E-state index in [0.717, 1.165) is 10.9 Å². The average Bonchev–Trinajstić information content (AvgIpc) is 2.88. The van der Waals surface area contributed by atoms with Crippen LogP contribution in [0.25, 0.3) is 10.9 Å². The quantitative estimate of drug-likeness (QED) is 0.325. The molecule has 112 valence electrons. The fourth-order valence-electron chi connectivity index (χ4n) is 2.03. The number of carbonyl (C=O) groups excluding carboxylic acids is 1. The molecule has 0 unspecified atom stereocenters. The molecule has 0 fully saturated rings. The van der Waals surface area contributed by atoms with E-state index in [1.54, 1.807) is 29.8 Å². The molecule has 21 heavy (non-hydrogen) atoms. The third kappa shape index (κ3) is 3.79. The van der Waals surface area contributed by atoms with Gasteiger partial charge in [-0.2, -0.15) is 5.10 Å². The largest absolute Gasteiger partial charge is 0.466 e.